The third kappa shape index (κ3) is 5.03. The van der Waals surface area contributed by atoms with Crippen LogP contribution in [-0.4, -0.2) is 26.5 Å². The van der Waals surface area contributed by atoms with Gasteiger partial charge >= 0.3 is 0 Å². The Bertz CT molecular complexity index is 1580. The SMILES string of the molecule is O=C(Cn1nc(-c2ccccc2)ccc1=O)Nc1nc(-c2ccccc2)c(C(=O)c2ccccc2)s1. The number of thiazole rings is 1. The zero-order valence-electron chi connectivity index (χ0n) is 19.0. The van der Waals surface area contributed by atoms with E-state index in [1.807, 2.05) is 66.7 Å². The lowest BCUT2D eigenvalue weighted by Gasteiger charge is -2.07. The molecule has 1 amide bonds. The largest absolute Gasteiger partial charge is 0.300 e. The van der Waals surface area contributed by atoms with Crippen LogP contribution in [0, 0.1) is 0 Å². The third-order valence-electron chi connectivity index (χ3n) is 5.39. The fraction of sp³-hybridized carbons (Fsp3) is 0.0357. The monoisotopic (exact) mass is 492 g/mol. The highest BCUT2D eigenvalue weighted by Gasteiger charge is 2.22. The molecule has 2 aromatic heterocycles. The van der Waals surface area contributed by atoms with Crippen LogP contribution in [0.5, 0.6) is 0 Å². The van der Waals surface area contributed by atoms with Crippen LogP contribution < -0.4 is 10.9 Å². The van der Waals surface area contributed by atoms with Crippen molar-refractivity contribution in [1.82, 2.24) is 14.8 Å². The minimum Gasteiger partial charge on any atom is -0.300 e. The molecule has 8 heteroatoms. The molecule has 0 bridgehead atoms. The topological polar surface area (TPSA) is 93.9 Å². The minimum absolute atomic E-state index is 0.180. The van der Waals surface area contributed by atoms with E-state index in [0.717, 1.165) is 27.1 Å². The van der Waals surface area contributed by atoms with E-state index >= 15 is 0 Å². The first-order valence-corrected chi connectivity index (χ1v) is 12.0. The van der Waals surface area contributed by atoms with Crippen molar-refractivity contribution in [3.8, 4) is 22.5 Å². The number of anilines is 1. The second kappa shape index (κ2) is 10.3. The molecule has 5 aromatic rings. The first-order valence-electron chi connectivity index (χ1n) is 11.2. The second-order valence-corrected chi connectivity index (χ2v) is 8.89. The summed E-state index contributed by atoms with van der Waals surface area (Å²) in [6.45, 7) is -0.290. The molecule has 5 rings (SSSR count). The molecule has 0 radical (unpaired) electrons. The first kappa shape index (κ1) is 23.1. The van der Waals surface area contributed by atoms with Crippen molar-refractivity contribution in [2.75, 3.05) is 5.32 Å². The number of benzene rings is 3. The summed E-state index contributed by atoms with van der Waals surface area (Å²) in [4.78, 5) is 43.4. The second-order valence-electron chi connectivity index (χ2n) is 7.89. The number of nitrogens with one attached hydrogen (secondary N) is 1. The van der Waals surface area contributed by atoms with Crippen LogP contribution in [0.1, 0.15) is 15.2 Å². The van der Waals surface area contributed by atoms with Gasteiger partial charge in [0.05, 0.1) is 11.4 Å². The normalized spacial score (nSPS) is 10.7. The summed E-state index contributed by atoms with van der Waals surface area (Å²) in [5.74, 6) is -0.650. The van der Waals surface area contributed by atoms with Crippen molar-refractivity contribution in [1.29, 1.82) is 0 Å². The van der Waals surface area contributed by atoms with E-state index in [9.17, 15) is 14.4 Å². The van der Waals surface area contributed by atoms with Gasteiger partial charge in [0, 0.05) is 22.8 Å². The fourth-order valence-corrected chi connectivity index (χ4v) is 4.63. The molecule has 0 aliphatic heterocycles. The molecule has 1 N–H and O–H groups in total. The van der Waals surface area contributed by atoms with Crippen LogP contribution in [0.4, 0.5) is 5.13 Å². The van der Waals surface area contributed by atoms with Gasteiger partial charge in [0.2, 0.25) is 11.7 Å². The summed E-state index contributed by atoms with van der Waals surface area (Å²) in [6, 6.07) is 30.7. The van der Waals surface area contributed by atoms with Crippen molar-refractivity contribution < 1.29 is 9.59 Å². The molecular formula is C28H20N4O3S. The number of rotatable bonds is 7. The van der Waals surface area contributed by atoms with Crippen LogP contribution >= 0.6 is 11.3 Å². The number of nitrogens with zero attached hydrogens (tertiary/aromatic N) is 3. The van der Waals surface area contributed by atoms with Gasteiger partial charge in [-0.2, -0.15) is 5.10 Å². The Labute approximate surface area is 210 Å². The van der Waals surface area contributed by atoms with Crippen molar-refractivity contribution >= 4 is 28.2 Å². The Morgan fingerprint density at radius 1 is 0.778 bits per heavy atom. The average molecular weight is 493 g/mol. The number of ketones is 1. The molecule has 0 atom stereocenters. The number of carbonyl (C=O) groups is 2. The predicted molar refractivity (Wildman–Crippen MR) is 140 cm³/mol. The maximum atomic E-state index is 13.2. The summed E-state index contributed by atoms with van der Waals surface area (Å²) in [5.41, 5.74) is 2.81. The van der Waals surface area contributed by atoms with Crippen molar-refractivity contribution in [3.63, 3.8) is 0 Å². The van der Waals surface area contributed by atoms with Crippen LogP contribution in [0.3, 0.4) is 0 Å². The zero-order chi connectivity index (χ0) is 24.9. The lowest BCUT2D eigenvalue weighted by Crippen LogP contribution is -2.29. The van der Waals surface area contributed by atoms with E-state index in [0.29, 0.717) is 21.8 Å². The molecule has 3 aromatic carbocycles. The number of amides is 1. The highest BCUT2D eigenvalue weighted by molar-refractivity contribution is 7.18. The lowest BCUT2D eigenvalue weighted by atomic mass is 10.1. The molecule has 0 saturated heterocycles. The summed E-state index contributed by atoms with van der Waals surface area (Å²) in [7, 11) is 0. The van der Waals surface area contributed by atoms with Gasteiger partial charge in [-0.15, -0.1) is 0 Å². The van der Waals surface area contributed by atoms with Gasteiger partial charge in [0.1, 0.15) is 11.4 Å². The Morgan fingerprint density at radius 3 is 2.06 bits per heavy atom. The van der Waals surface area contributed by atoms with E-state index in [4.69, 9.17) is 0 Å². The molecule has 0 saturated carbocycles. The van der Waals surface area contributed by atoms with Crippen LogP contribution in [0.2, 0.25) is 0 Å². The fourth-order valence-electron chi connectivity index (χ4n) is 3.66. The summed E-state index contributed by atoms with van der Waals surface area (Å²) >= 11 is 1.10. The molecule has 0 unspecified atom stereocenters. The lowest BCUT2D eigenvalue weighted by molar-refractivity contribution is -0.117. The number of hydrogen-bond donors (Lipinski definition) is 1. The Hall–Kier alpha value is -4.69. The molecule has 2 heterocycles. The van der Waals surface area contributed by atoms with Gasteiger partial charge in [-0.3, -0.25) is 14.4 Å². The van der Waals surface area contributed by atoms with E-state index < -0.39 is 11.5 Å². The molecule has 36 heavy (non-hydrogen) atoms. The third-order valence-corrected chi connectivity index (χ3v) is 6.36. The van der Waals surface area contributed by atoms with Crippen LogP contribution in [-0.2, 0) is 11.3 Å². The molecule has 0 spiro atoms. The highest BCUT2D eigenvalue weighted by atomic mass is 32.1. The molecule has 0 aliphatic rings. The quantitative estimate of drug-likeness (QED) is 0.326. The molecule has 176 valence electrons. The standard InChI is InChI=1S/C28H20N4O3S/c33-23(18-32-24(34)17-16-22(31-32)19-10-4-1-5-11-19)29-28-30-25(20-12-6-2-7-13-20)27(36-28)26(35)21-14-8-3-9-15-21/h1-17H,18H2,(H,29,30,33). The number of hydrogen-bond acceptors (Lipinski definition) is 6. The van der Waals surface area contributed by atoms with Gasteiger partial charge in [0.25, 0.3) is 5.56 Å². The van der Waals surface area contributed by atoms with E-state index in [1.165, 1.54) is 6.07 Å². The van der Waals surface area contributed by atoms with E-state index in [2.05, 4.69) is 15.4 Å². The van der Waals surface area contributed by atoms with E-state index in [1.54, 1.807) is 30.3 Å². The molecule has 0 aliphatic carbocycles. The van der Waals surface area contributed by atoms with Gasteiger partial charge in [-0.05, 0) is 6.07 Å². The molecule has 7 nitrogen and oxygen atoms in total. The maximum absolute atomic E-state index is 13.2. The van der Waals surface area contributed by atoms with E-state index in [-0.39, 0.29) is 17.5 Å². The van der Waals surface area contributed by atoms with Crippen LogP contribution in [0.15, 0.2) is 108 Å². The van der Waals surface area contributed by atoms with Gasteiger partial charge in [0.15, 0.2) is 5.13 Å². The maximum Gasteiger partial charge on any atom is 0.267 e. The minimum atomic E-state index is -0.470. The smallest absolute Gasteiger partial charge is 0.267 e. The average Bonchev–Trinajstić information content (AvgIpc) is 3.34. The number of carbonyl (C=O) groups excluding carboxylic acids is 2. The van der Waals surface area contributed by atoms with Crippen molar-refractivity contribution in [2.45, 2.75) is 6.54 Å². The number of aromatic nitrogens is 3. The predicted octanol–water partition coefficient (Wildman–Crippen LogP) is 4.90. The Kier molecular flexibility index (Phi) is 6.59. The van der Waals surface area contributed by atoms with Gasteiger partial charge < -0.3 is 5.32 Å². The van der Waals surface area contributed by atoms with Crippen LogP contribution in [0.25, 0.3) is 22.5 Å². The zero-order valence-corrected chi connectivity index (χ0v) is 19.8. The Morgan fingerprint density at radius 2 is 1.39 bits per heavy atom. The van der Waals surface area contributed by atoms with Gasteiger partial charge in [-0.1, -0.05) is 102 Å². The molecular weight excluding hydrogens is 472 g/mol. The van der Waals surface area contributed by atoms with Crippen molar-refractivity contribution in [3.05, 3.63) is 124 Å². The summed E-state index contributed by atoms with van der Waals surface area (Å²) in [6.07, 6.45) is 0. The first-order chi connectivity index (χ1) is 17.6. The van der Waals surface area contributed by atoms with Gasteiger partial charge in [-0.25, -0.2) is 9.67 Å². The summed E-state index contributed by atoms with van der Waals surface area (Å²) in [5, 5.41) is 7.33. The highest BCUT2D eigenvalue weighted by Crippen LogP contribution is 2.33. The van der Waals surface area contributed by atoms with Crippen molar-refractivity contribution in [2.24, 2.45) is 0 Å². The molecule has 0 fully saturated rings. The summed E-state index contributed by atoms with van der Waals surface area (Å²) < 4.78 is 1.11. The Balaban J connectivity index is 1.42.